The molecule has 5 rings (SSSR count). The summed E-state index contributed by atoms with van der Waals surface area (Å²) in [6, 6.07) is 19.8. The van der Waals surface area contributed by atoms with E-state index in [1.807, 2.05) is 72.3 Å². The molecule has 0 bridgehead atoms. The van der Waals surface area contributed by atoms with E-state index < -0.39 is 0 Å². The van der Waals surface area contributed by atoms with Gasteiger partial charge in [0.15, 0.2) is 5.65 Å². The number of rotatable bonds is 7. The van der Waals surface area contributed by atoms with Crippen LogP contribution in [0.2, 0.25) is 0 Å². The number of amides is 1. The number of aryl methyl sites for hydroxylation is 1. The molecule has 8 nitrogen and oxygen atoms in total. The summed E-state index contributed by atoms with van der Waals surface area (Å²) in [7, 11) is 0. The summed E-state index contributed by atoms with van der Waals surface area (Å²) in [5.41, 5.74) is 5.12. The van der Waals surface area contributed by atoms with Crippen LogP contribution in [-0.4, -0.2) is 35.4 Å². The van der Waals surface area contributed by atoms with Crippen LogP contribution >= 0.6 is 0 Å². The van der Waals surface area contributed by atoms with Crippen LogP contribution in [0.3, 0.4) is 0 Å². The van der Waals surface area contributed by atoms with Crippen LogP contribution in [0.25, 0.3) is 22.3 Å². The lowest BCUT2D eigenvalue weighted by atomic mass is 10.1. The first-order valence-electron chi connectivity index (χ1n) is 10.8. The van der Waals surface area contributed by atoms with Crippen LogP contribution in [0, 0.1) is 0 Å². The summed E-state index contributed by atoms with van der Waals surface area (Å²) >= 11 is 0. The van der Waals surface area contributed by atoms with Gasteiger partial charge in [0.25, 0.3) is 5.91 Å². The molecule has 8 heteroatoms. The normalized spacial score (nSPS) is 11.1. The van der Waals surface area contributed by atoms with Gasteiger partial charge in [-0.1, -0.05) is 54.6 Å². The van der Waals surface area contributed by atoms with Gasteiger partial charge in [0.05, 0.1) is 29.4 Å². The summed E-state index contributed by atoms with van der Waals surface area (Å²) in [6.07, 6.45) is 4.93. The van der Waals surface area contributed by atoms with Crippen molar-refractivity contribution in [3.8, 4) is 11.3 Å². The van der Waals surface area contributed by atoms with Crippen LogP contribution in [0.1, 0.15) is 28.4 Å². The van der Waals surface area contributed by atoms with E-state index in [0.29, 0.717) is 30.8 Å². The number of pyridine rings is 1. The molecule has 0 atom stereocenters. The highest BCUT2D eigenvalue weighted by Crippen LogP contribution is 2.25. The number of fused-ring (bicyclic) bond motifs is 1. The van der Waals surface area contributed by atoms with Crippen LogP contribution in [0.5, 0.6) is 0 Å². The molecule has 5 aromatic rings. The van der Waals surface area contributed by atoms with Crippen molar-refractivity contribution in [2.24, 2.45) is 0 Å². The second kappa shape index (κ2) is 9.04. The van der Waals surface area contributed by atoms with Gasteiger partial charge in [0.2, 0.25) is 0 Å². The summed E-state index contributed by atoms with van der Waals surface area (Å²) in [5, 5.41) is 12.3. The molecule has 0 saturated carbocycles. The maximum atomic E-state index is 13.2. The van der Waals surface area contributed by atoms with E-state index in [-0.39, 0.29) is 5.91 Å². The summed E-state index contributed by atoms with van der Waals surface area (Å²) in [4.78, 5) is 21.9. The Morgan fingerprint density at radius 2 is 1.79 bits per heavy atom. The van der Waals surface area contributed by atoms with Crippen molar-refractivity contribution in [2.45, 2.75) is 26.6 Å². The number of nitrogens with one attached hydrogen (secondary N) is 1. The third-order valence-corrected chi connectivity index (χ3v) is 5.51. The van der Waals surface area contributed by atoms with Crippen molar-refractivity contribution in [1.82, 2.24) is 34.8 Å². The van der Waals surface area contributed by atoms with Gasteiger partial charge in [-0.05, 0) is 24.1 Å². The zero-order valence-electron chi connectivity index (χ0n) is 18.2. The van der Waals surface area contributed by atoms with E-state index in [4.69, 9.17) is 4.98 Å². The van der Waals surface area contributed by atoms with Crippen LogP contribution in [-0.2, 0) is 19.6 Å². The van der Waals surface area contributed by atoms with Crippen LogP contribution in [0.4, 0.5) is 0 Å². The molecule has 0 spiro atoms. The van der Waals surface area contributed by atoms with Gasteiger partial charge in [-0.3, -0.25) is 4.79 Å². The Bertz CT molecular complexity index is 1370. The molecule has 0 aliphatic heterocycles. The average Bonchev–Trinajstić information content (AvgIpc) is 3.53. The number of aromatic nitrogens is 6. The van der Waals surface area contributed by atoms with E-state index in [2.05, 4.69) is 20.5 Å². The highest BCUT2D eigenvalue weighted by Gasteiger charge is 2.17. The average molecular weight is 438 g/mol. The third-order valence-electron chi connectivity index (χ3n) is 5.51. The highest BCUT2D eigenvalue weighted by atomic mass is 16.1. The molecule has 1 amide bonds. The monoisotopic (exact) mass is 437 g/mol. The number of hydrogen-bond acceptors (Lipinski definition) is 5. The fourth-order valence-electron chi connectivity index (χ4n) is 3.77. The minimum absolute atomic E-state index is 0.151. The van der Waals surface area contributed by atoms with Gasteiger partial charge >= 0.3 is 0 Å². The van der Waals surface area contributed by atoms with Crippen molar-refractivity contribution in [3.05, 3.63) is 96.2 Å². The molecule has 164 valence electrons. The smallest absolute Gasteiger partial charge is 0.252 e. The van der Waals surface area contributed by atoms with Crippen LogP contribution in [0.15, 0.2) is 79.5 Å². The maximum absolute atomic E-state index is 13.2. The fraction of sp³-hybridized carbons (Fsp3) is 0.160. The lowest BCUT2D eigenvalue weighted by molar-refractivity contribution is 0.0952. The van der Waals surface area contributed by atoms with Gasteiger partial charge in [0, 0.05) is 18.7 Å². The molecule has 0 aliphatic carbocycles. The predicted molar refractivity (Wildman–Crippen MR) is 125 cm³/mol. The second-order valence-corrected chi connectivity index (χ2v) is 7.71. The Morgan fingerprint density at radius 1 is 1.00 bits per heavy atom. The number of benzene rings is 2. The van der Waals surface area contributed by atoms with E-state index in [1.165, 1.54) is 6.33 Å². The molecule has 0 fully saturated rings. The van der Waals surface area contributed by atoms with Crippen molar-refractivity contribution < 1.29 is 4.79 Å². The lowest BCUT2D eigenvalue weighted by Crippen LogP contribution is -2.23. The van der Waals surface area contributed by atoms with Gasteiger partial charge in [0.1, 0.15) is 12.7 Å². The van der Waals surface area contributed by atoms with E-state index >= 15 is 0 Å². The number of carbonyl (C=O) groups excluding carboxylic acids is 1. The minimum atomic E-state index is -0.151. The Labute approximate surface area is 190 Å². The van der Waals surface area contributed by atoms with Gasteiger partial charge in [-0.2, -0.15) is 10.2 Å². The fourth-order valence-corrected chi connectivity index (χ4v) is 3.77. The first kappa shape index (κ1) is 20.6. The molecule has 33 heavy (non-hydrogen) atoms. The molecule has 0 unspecified atom stereocenters. The highest BCUT2D eigenvalue weighted by molar-refractivity contribution is 6.06. The van der Waals surface area contributed by atoms with Crippen LogP contribution < -0.4 is 5.32 Å². The molecule has 0 aliphatic rings. The molecule has 3 heterocycles. The van der Waals surface area contributed by atoms with Gasteiger partial charge in [-0.15, -0.1) is 0 Å². The lowest BCUT2D eigenvalue weighted by Gasteiger charge is -2.10. The largest absolute Gasteiger partial charge is 0.348 e. The van der Waals surface area contributed by atoms with E-state index in [0.717, 1.165) is 27.8 Å². The Morgan fingerprint density at radius 3 is 2.52 bits per heavy atom. The first-order chi connectivity index (χ1) is 16.2. The quantitative estimate of drug-likeness (QED) is 0.419. The second-order valence-electron chi connectivity index (χ2n) is 7.71. The number of carbonyl (C=O) groups is 1. The number of nitrogens with zero attached hydrogens (tertiary/aromatic N) is 6. The molecular weight excluding hydrogens is 414 g/mol. The van der Waals surface area contributed by atoms with Crippen molar-refractivity contribution in [3.63, 3.8) is 0 Å². The summed E-state index contributed by atoms with van der Waals surface area (Å²) in [6.45, 7) is 3.77. The third kappa shape index (κ3) is 4.36. The maximum Gasteiger partial charge on any atom is 0.252 e. The SMILES string of the molecule is CCn1ncc2c(C(=O)NCc3ccc(Cn4cncn4)cc3)cc(-c3ccccc3)nc21. The standard InChI is InChI=1S/C25H23N7O/c1-2-32-24-22(14-28-32)21(12-23(30-24)20-6-4-3-5-7-20)25(33)27-13-18-8-10-19(11-9-18)15-31-17-26-16-29-31/h3-12,14,16-17H,2,13,15H2,1H3,(H,27,33). The van der Waals surface area contributed by atoms with Crippen molar-refractivity contribution >= 4 is 16.9 Å². The Balaban J connectivity index is 1.37. The van der Waals surface area contributed by atoms with Crippen molar-refractivity contribution in [1.29, 1.82) is 0 Å². The van der Waals surface area contributed by atoms with Gasteiger partial charge < -0.3 is 5.32 Å². The molecule has 0 saturated heterocycles. The summed E-state index contributed by atoms with van der Waals surface area (Å²) in [5.74, 6) is -0.151. The first-order valence-corrected chi connectivity index (χ1v) is 10.8. The molecule has 0 radical (unpaired) electrons. The van der Waals surface area contributed by atoms with E-state index in [1.54, 1.807) is 17.2 Å². The zero-order chi connectivity index (χ0) is 22.6. The summed E-state index contributed by atoms with van der Waals surface area (Å²) < 4.78 is 3.58. The molecule has 1 N–H and O–H groups in total. The number of hydrogen-bond donors (Lipinski definition) is 1. The molecular formula is C25H23N7O. The van der Waals surface area contributed by atoms with E-state index in [9.17, 15) is 4.79 Å². The minimum Gasteiger partial charge on any atom is -0.348 e. The van der Waals surface area contributed by atoms with Crippen molar-refractivity contribution in [2.75, 3.05) is 0 Å². The van der Waals surface area contributed by atoms with Gasteiger partial charge in [-0.25, -0.2) is 19.3 Å². The molecule has 2 aromatic carbocycles. The zero-order valence-corrected chi connectivity index (χ0v) is 18.2. The Kier molecular flexibility index (Phi) is 5.63. The predicted octanol–water partition coefficient (Wildman–Crippen LogP) is 3.69. The molecule has 3 aromatic heterocycles. The topological polar surface area (TPSA) is 90.5 Å². The Hall–Kier alpha value is -4.33.